The molecule has 2 bridgehead atoms. The third-order valence-electron chi connectivity index (χ3n) is 6.04. The maximum atomic E-state index is 13.4. The third kappa shape index (κ3) is 3.85. The molecule has 0 spiro atoms. The molecule has 2 heterocycles. The highest BCUT2D eigenvalue weighted by molar-refractivity contribution is 5.88. The first kappa shape index (κ1) is 21.2. The highest BCUT2D eigenvalue weighted by Crippen LogP contribution is 2.45. The summed E-state index contributed by atoms with van der Waals surface area (Å²) in [6.07, 6.45) is 0. The van der Waals surface area contributed by atoms with E-state index in [0.29, 0.717) is 6.54 Å². The quantitative estimate of drug-likeness (QED) is 0.499. The highest BCUT2D eigenvalue weighted by atomic mass is 19.1. The fraction of sp³-hybridized carbons (Fsp3) is 0.231. The molecule has 2 aliphatic heterocycles. The van der Waals surface area contributed by atoms with Gasteiger partial charge in [0, 0.05) is 0 Å². The Hall–Kier alpha value is -3.71. The van der Waals surface area contributed by atoms with E-state index in [-0.39, 0.29) is 31.1 Å². The number of carbonyl (C=O) groups is 2. The first-order valence-electron chi connectivity index (χ1n) is 10.9. The number of amides is 2. The molecule has 0 aliphatic carbocycles. The molecule has 1 fully saturated rings. The lowest BCUT2D eigenvalue weighted by atomic mass is 9.88. The second-order valence-corrected chi connectivity index (χ2v) is 8.04. The monoisotopic (exact) mass is 446 g/mol. The van der Waals surface area contributed by atoms with Crippen molar-refractivity contribution in [3.05, 3.63) is 95.3 Å². The van der Waals surface area contributed by atoms with Crippen molar-refractivity contribution < 1.29 is 23.6 Å². The summed E-state index contributed by atoms with van der Waals surface area (Å²) in [7, 11) is 0. The maximum Gasteiger partial charge on any atom is 0.345 e. The van der Waals surface area contributed by atoms with Crippen LogP contribution in [-0.2, 0) is 21.0 Å². The molecular formula is C26H23FN2O4. The van der Waals surface area contributed by atoms with Gasteiger partial charge >= 0.3 is 12.0 Å². The highest BCUT2D eigenvalue weighted by Gasteiger charge is 2.51. The predicted octanol–water partition coefficient (Wildman–Crippen LogP) is 5.02. The number of hydroxylamine groups is 2. The maximum absolute atomic E-state index is 13.4. The number of carbonyl (C=O) groups excluding carboxylic acids is 2. The van der Waals surface area contributed by atoms with Crippen molar-refractivity contribution in [3.8, 4) is 11.1 Å². The van der Waals surface area contributed by atoms with Gasteiger partial charge in [0.25, 0.3) is 0 Å². The van der Waals surface area contributed by atoms with E-state index in [9.17, 15) is 14.0 Å². The van der Waals surface area contributed by atoms with Gasteiger partial charge in [0.1, 0.15) is 18.5 Å². The molecule has 5 rings (SSSR count). The lowest BCUT2D eigenvalue weighted by molar-refractivity contribution is -0.149. The van der Waals surface area contributed by atoms with Crippen molar-refractivity contribution >= 4 is 12.0 Å². The molecule has 1 saturated heterocycles. The number of benzene rings is 3. The molecule has 2 unspecified atom stereocenters. The molecule has 6 nitrogen and oxygen atoms in total. The number of ether oxygens (including phenoxy) is 1. The molecule has 2 aliphatic rings. The first-order chi connectivity index (χ1) is 16.1. The Bertz CT molecular complexity index is 1180. The van der Waals surface area contributed by atoms with Gasteiger partial charge in [-0.25, -0.2) is 14.0 Å². The van der Waals surface area contributed by atoms with Crippen LogP contribution in [0.5, 0.6) is 0 Å². The molecule has 0 N–H and O–H groups in total. The zero-order chi connectivity index (χ0) is 22.9. The van der Waals surface area contributed by atoms with Crippen LogP contribution in [0.2, 0.25) is 0 Å². The minimum atomic E-state index is -0.837. The Balaban J connectivity index is 1.53. The number of hydrogen-bond acceptors (Lipinski definition) is 4. The van der Waals surface area contributed by atoms with E-state index in [1.165, 1.54) is 22.1 Å². The van der Waals surface area contributed by atoms with Gasteiger partial charge in [-0.2, -0.15) is 5.06 Å². The van der Waals surface area contributed by atoms with Gasteiger partial charge in [-0.05, 0) is 52.9 Å². The zero-order valence-corrected chi connectivity index (χ0v) is 18.1. The van der Waals surface area contributed by atoms with Crippen molar-refractivity contribution in [1.82, 2.24) is 9.96 Å². The summed E-state index contributed by atoms with van der Waals surface area (Å²) in [4.78, 5) is 33.6. The van der Waals surface area contributed by atoms with Crippen LogP contribution in [0.1, 0.15) is 35.7 Å². The number of rotatable bonds is 6. The van der Waals surface area contributed by atoms with Gasteiger partial charge in [-0.3, -0.25) is 4.84 Å². The topological polar surface area (TPSA) is 59.1 Å². The molecule has 2 amide bonds. The molecule has 0 aromatic heterocycles. The Morgan fingerprint density at radius 1 is 1.00 bits per heavy atom. The van der Waals surface area contributed by atoms with Crippen molar-refractivity contribution in [3.63, 3.8) is 0 Å². The Kier molecular flexibility index (Phi) is 5.56. The van der Waals surface area contributed by atoms with Crippen molar-refractivity contribution in [2.45, 2.75) is 25.6 Å². The third-order valence-corrected chi connectivity index (χ3v) is 6.04. The minimum Gasteiger partial charge on any atom is -0.464 e. The lowest BCUT2D eigenvalue weighted by Crippen LogP contribution is -2.39. The van der Waals surface area contributed by atoms with Gasteiger partial charge < -0.3 is 9.64 Å². The largest absolute Gasteiger partial charge is 0.464 e. The van der Waals surface area contributed by atoms with Crippen molar-refractivity contribution in [2.24, 2.45) is 0 Å². The molecule has 0 radical (unpaired) electrons. The molecule has 2 atom stereocenters. The smallest absolute Gasteiger partial charge is 0.345 e. The SMILES string of the molecule is CCOC(=O)C1c2ccc(-c3ccc(F)cc3)cc2C2CN1C(=O)N2OCc1ccccc1. The van der Waals surface area contributed by atoms with E-state index in [1.54, 1.807) is 19.1 Å². The number of esters is 1. The first-order valence-corrected chi connectivity index (χ1v) is 10.9. The predicted molar refractivity (Wildman–Crippen MR) is 119 cm³/mol. The van der Waals surface area contributed by atoms with E-state index in [2.05, 4.69) is 0 Å². The average molecular weight is 446 g/mol. The fourth-order valence-corrected chi connectivity index (χ4v) is 4.48. The van der Waals surface area contributed by atoms with Crippen LogP contribution in [0, 0.1) is 5.82 Å². The number of halogens is 1. The summed E-state index contributed by atoms with van der Waals surface area (Å²) in [6, 6.07) is 19.9. The van der Waals surface area contributed by atoms with Crippen LogP contribution < -0.4 is 0 Å². The molecular weight excluding hydrogens is 423 g/mol. The van der Waals surface area contributed by atoms with Crippen LogP contribution in [-0.4, -0.2) is 35.1 Å². The van der Waals surface area contributed by atoms with Crippen LogP contribution in [0.25, 0.3) is 11.1 Å². The summed E-state index contributed by atoms with van der Waals surface area (Å²) < 4.78 is 18.7. The summed E-state index contributed by atoms with van der Waals surface area (Å²) in [5.74, 6) is -0.776. The second kappa shape index (κ2) is 8.67. The summed E-state index contributed by atoms with van der Waals surface area (Å²) >= 11 is 0. The normalized spacial score (nSPS) is 18.9. The van der Waals surface area contributed by atoms with Gasteiger partial charge in [-0.15, -0.1) is 0 Å². The van der Waals surface area contributed by atoms with Gasteiger partial charge in [0.05, 0.1) is 13.2 Å². The van der Waals surface area contributed by atoms with Crippen LogP contribution in [0.15, 0.2) is 72.8 Å². The number of hydrogen-bond donors (Lipinski definition) is 0. The van der Waals surface area contributed by atoms with Crippen LogP contribution in [0.3, 0.4) is 0 Å². The second-order valence-electron chi connectivity index (χ2n) is 8.04. The molecule has 33 heavy (non-hydrogen) atoms. The average Bonchev–Trinajstić information content (AvgIpc) is 3.11. The Labute approximate surface area is 191 Å². The summed E-state index contributed by atoms with van der Waals surface area (Å²) in [5, 5.41) is 1.36. The molecule has 3 aromatic carbocycles. The molecule has 3 aromatic rings. The van der Waals surface area contributed by atoms with Gasteiger partial charge in [0.15, 0.2) is 6.04 Å². The van der Waals surface area contributed by atoms with Crippen molar-refractivity contribution in [2.75, 3.05) is 13.2 Å². The van der Waals surface area contributed by atoms with E-state index in [1.807, 2.05) is 48.5 Å². The number of nitrogens with zero attached hydrogens (tertiary/aromatic N) is 2. The van der Waals surface area contributed by atoms with Gasteiger partial charge in [0.2, 0.25) is 0 Å². The standard InChI is InChI=1S/C26H23FN2O4/c1-2-32-25(30)24-21-13-10-19(18-8-11-20(27)12-9-18)14-22(21)23-15-28(24)26(31)29(23)33-16-17-6-4-3-5-7-17/h3-14,23-24H,2,15-16H2,1H3. The summed E-state index contributed by atoms with van der Waals surface area (Å²) in [6.45, 7) is 2.51. The van der Waals surface area contributed by atoms with Gasteiger partial charge in [-0.1, -0.05) is 54.6 Å². The minimum absolute atomic E-state index is 0.220. The van der Waals surface area contributed by atoms with E-state index in [4.69, 9.17) is 9.57 Å². The van der Waals surface area contributed by atoms with Crippen LogP contribution >= 0.6 is 0 Å². The Morgan fingerprint density at radius 3 is 2.45 bits per heavy atom. The molecule has 168 valence electrons. The van der Waals surface area contributed by atoms with E-state index < -0.39 is 12.0 Å². The van der Waals surface area contributed by atoms with E-state index >= 15 is 0 Å². The van der Waals surface area contributed by atoms with Crippen molar-refractivity contribution in [1.29, 1.82) is 0 Å². The number of urea groups is 1. The van der Waals surface area contributed by atoms with Crippen LogP contribution in [0.4, 0.5) is 9.18 Å². The Morgan fingerprint density at radius 2 is 1.73 bits per heavy atom. The molecule has 0 saturated carbocycles. The lowest BCUT2D eigenvalue weighted by Gasteiger charge is -2.31. The number of fused-ring (bicyclic) bond motifs is 4. The molecule has 7 heteroatoms. The summed E-state index contributed by atoms with van der Waals surface area (Å²) in [5.41, 5.74) is 4.19. The van der Waals surface area contributed by atoms with E-state index in [0.717, 1.165) is 27.8 Å². The fourth-order valence-electron chi connectivity index (χ4n) is 4.48. The zero-order valence-electron chi connectivity index (χ0n) is 18.1.